The summed E-state index contributed by atoms with van der Waals surface area (Å²) < 4.78 is 5.37. The van der Waals surface area contributed by atoms with Crippen LogP contribution in [-0.2, 0) is 17.8 Å². The van der Waals surface area contributed by atoms with E-state index in [1.165, 1.54) is 5.56 Å². The molecule has 0 spiro atoms. The average molecular weight is 319 g/mol. The van der Waals surface area contributed by atoms with Crippen LogP contribution in [0.3, 0.4) is 0 Å². The number of anilines is 1. The highest BCUT2D eigenvalue weighted by Crippen LogP contribution is 2.16. The molecule has 1 fully saturated rings. The van der Waals surface area contributed by atoms with Gasteiger partial charge in [-0.25, -0.2) is 9.97 Å². The molecule has 116 valence electrons. The molecule has 0 bridgehead atoms. The fourth-order valence-electron chi connectivity index (χ4n) is 2.43. The summed E-state index contributed by atoms with van der Waals surface area (Å²) in [5, 5.41) is 3.68. The van der Waals surface area contributed by atoms with E-state index in [0.29, 0.717) is 11.8 Å². The van der Waals surface area contributed by atoms with Crippen molar-refractivity contribution in [3.05, 3.63) is 52.9 Å². The van der Waals surface area contributed by atoms with E-state index in [4.69, 9.17) is 16.3 Å². The molecular weight excluding hydrogens is 300 g/mol. The van der Waals surface area contributed by atoms with Crippen molar-refractivity contribution in [2.24, 2.45) is 0 Å². The predicted molar refractivity (Wildman–Crippen MR) is 87.1 cm³/mol. The molecule has 0 radical (unpaired) electrons. The van der Waals surface area contributed by atoms with Crippen molar-refractivity contribution in [1.29, 1.82) is 0 Å². The second kappa shape index (κ2) is 7.54. The van der Waals surface area contributed by atoms with E-state index in [1.54, 1.807) is 0 Å². The van der Waals surface area contributed by atoms with Crippen molar-refractivity contribution in [2.75, 3.05) is 31.2 Å². The lowest BCUT2D eigenvalue weighted by Crippen LogP contribution is -2.37. The average Bonchev–Trinajstić information content (AvgIpc) is 2.56. The molecule has 1 aromatic carbocycles. The molecule has 1 aromatic heterocycles. The number of hydrogen-bond donors (Lipinski definition) is 1. The highest BCUT2D eigenvalue weighted by atomic mass is 35.5. The van der Waals surface area contributed by atoms with Gasteiger partial charge >= 0.3 is 0 Å². The summed E-state index contributed by atoms with van der Waals surface area (Å²) in [5.41, 5.74) is 2.15. The van der Waals surface area contributed by atoms with Gasteiger partial charge < -0.3 is 15.0 Å². The molecule has 0 amide bonds. The zero-order valence-electron chi connectivity index (χ0n) is 12.3. The van der Waals surface area contributed by atoms with Crippen molar-refractivity contribution >= 4 is 17.4 Å². The maximum absolute atomic E-state index is 6.06. The van der Waals surface area contributed by atoms with Crippen molar-refractivity contribution in [1.82, 2.24) is 15.3 Å². The SMILES string of the molecule is Clc1nc(CNCc2ccccc2)cc(N2CCOCC2)n1. The summed E-state index contributed by atoms with van der Waals surface area (Å²) in [5.74, 6) is 0.875. The Kier molecular flexibility index (Phi) is 5.21. The van der Waals surface area contributed by atoms with Crippen LogP contribution in [0.4, 0.5) is 5.82 Å². The Bertz CT molecular complexity index is 602. The van der Waals surface area contributed by atoms with Gasteiger partial charge in [-0.05, 0) is 17.2 Å². The third-order valence-electron chi connectivity index (χ3n) is 3.55. The van der Waals surface area contributed by atoms with Crippen molar-refractivity contribution < 1.29 is 4.74 Å². The van der Waals surface area contributed by atoms with Crippen LogP contribution in [0, 0.1) is 0 Å². The van der Waals surface area contributed by atoms with Gasteiger partial charge in [0.15, 0.2) is 0 Å². The van der Waals surface area contributed by atoms with Crippen molar-refractivity contribution in [3.8, 4) is 0 Å². The van der Waals surface area contributed by atoms with Gasteiger partial charge in [0.05, 0.1) is 18.9 Å². The molecule has 2 aromatic rings. The van der Waals surface area contributed by atoms with Crippen LogP contribution in [0.1, 0.15) is 11.3 Å². The third-order valence-corrected chi connectivity index (χ3v) is 3.72. The van der Waals surface area contributed by atoms with Gasteiger partial charge in [-0.15, -0.1) is 0 Å². The summed E-state index contributed by atoms with van der Waals surface area (Å²) in [4.78, 5) is 10.8. The maximum Gasteiger partial charge on any atom is 0.224 e. The summed E-state index contributed by atoms with van der Waals surface area (Å²) >= 11 is 6.06. The monoisotopic (exact) mass is 318 g/mol. The minimum Gasteiger partial charge on any atom is -0.378 e. The molecular formula is C16H19ClN4O. The molecule has 1 saturated heterocycles. The number of nitrogens with one attached hydrogen (secondary N) is 1. The van der Waals surface area contributed by atoms with Gasteiger partial charge in [0, 0.05) is 32.2 Å². The lowest BCUT2D eigenvalue weighted by molar-refractivity contribution is 0.122. The van der Waals surface area contributed by atoms with Crippen LogP contribution in [-0.4, -0.2) is 36.3 Å². The van der Waals surface area contributed by atoms with E-state index in [2.05, 4.69) is 32.3 Å². The summed E-state index contributed by atoms with van der Waals surface area (Å²) in [6, 6.07) is 12.3. The molecule has 6 heteroatoms. The van der Waals surface area contributed by atoms with Gasteiger partial charge in [-0.2, -0.15) is 0 Å². The number of rotatable bonds is 5. The first kappa shape index (κ1) is 15.2. The Balaban J connectivity index is 1.62. The Morgan fingerprint density at radius 2 is 1.86 bits per heavy atom. The van der Waals surface area contributed by atoms with E-state index < -0.39 is 0 Å². The quantitative estimate of drug-likeness (QED) is 0.857. The zero-order valence-corrected chi connectivity index (χ0v) is 13.1. The molecule has 0 saturated carbocycles. The fourth-order valence-corrected chi connectivity index (χ4v) is 2.62. The topological polar surface area (TPSA) is 50.3 Å². The van der Waals surface area contributed by atoms with Crippen molar-refractivity contribution in [3.63, 3.8) is 0 Å². The van der Waals surface area contributed by atoms with Crippen LogP contribution >= 0.6 is 11.6 Å². The molecule has 2 heterocycles. The van der Waals surface area contributed by atoms with Gasteiger partial charge in [-0.1, -0.05) is 30.3 Å². The van der Waals surface area contributed by atoms with Crippen LogP contribution in [0.5, 0.6) is 0 Å². The first-order valence-electron chi connectivity index (χ1n) is 7.42. The Morgan fingerprint density at radius 3 is 2.64 bits per heavy atom. The normalized spacial score (nSPS) is 15.0. The Labute approximate surface area is 135 Å². The summed E-state index contributed by atoms with van der Waals surface area (Å²) in [6.45, 7) is 4.59. The minimum atomic E-state index is 0.292. The van der Waals surface area contributed by atoms with Gasteiger partial charge in [-0.3, -0.25) is 0 Å². The molecule has 22 heavy (non-hydrogen) atoms. The van der Waals surface area contributed by atoms with E-state index in [1.807, 2.05) is 24.3 Å². The van der Waals surface area contributed by atoms with Crippen LogP contribution < -0.4 is 10.2 Å². The number of hydrogen-bond acceptors (Lipinski definition) is 5. The van der Waals surface area contributed by atoms with Crippen molar-refractivity contribution in [2.45, 2.75) is 13.1 Å². The first-order valence-corrected chi connectivity index (χ1v) is 7.80. The number of nitrogens with zero attached hydrogens (tertiary/aromatic N) is 3. The van der Waals surface area contributed by atoms with Crippen LogP contribution in [0.25, 0.3) is 0 Å². The highest BCUT2D eigenvalue weighted by molar-refractivity contribution is 6.28. The summed E-state index contributed by atoms with van der Waals surface area (Å²) in [6.07, 6.45) is 0. The summed E-state index contributed by atoms with van der Waals surface area (Å²) in [7, 11) is 0. The van der Waals surface area contributed by atoms with E-state index in [-0.39, 0.29) is 0 Å². The molecule has 0 atom stereocenters. The Hall–Kier alpha value is -1.69. The largest absolute Gasteiger partial charge is 0.378 e. The molecule has 1 N–H and O–H groups in total. The lowest BCUT2D eigenvalue weighted by Gasteiger charge is -2.28. The number of morpholine rings is 1. The van der Waals surface area contributed by atoms with Crippen LogP contribution in [0.2, 0.25) is 5.28 Å². The van der Waals surface area contributed by atoms with Gasteiger partial charge in [0.2, 0.25) is 5.28 Å². The standard InChI is InChI=1S/C16H19ClN4O/c17-16-19-14(12-18-11-13-4-2-1-3-5-13)10-15(20-16)21-6-8-22-9-7-21/h1-5,10,18H,6-9,11-12H2. The number of halogens is 1. The highest BCUT2D eigenvalue weighted by Gasteiger charge is 2.14. The first-order chi connectivity index (χ1) is 10.8. The molecule has 1 aliphatic rings. The third kappa shape index (κ3) is 4.16. The second-order valence-electron chi connectivity index (χ2n) is 5.18. The van der Waals surface area contributed by atoms with E-state index in [9.17, 15) is 0 Å². The molecule has 0 unspecified atom stereocenters. The van der Waals surface area contributed by atoms with Crippen LogP contribution in [0.15, 0.2) is 36.4 Å². The molecule has 5 nitrogen and oxygen atoms in total. The van der Waals surface area contributed by atoms with E-state index >= 15 is 0 Å². The smallest absolute Gasteiger partial charge is 0.224 e. The second-order valence-corrected chi connectivity index (χ2v) is 5.51. The predicted octanol–water partition coefficient (Wildman–Crippen LogP) is 2.26. The zero-order chi connectivity index (χ0) is 15.2. The minimum absolute atomic E-state index is 0.292. The Morgan fingerprint density at radius 1 is 1.09 bits per heavy atom. The maximum atomic E-state index is 6.06. The number of ether oxygens (including phenoxy) is 1. The lowest BCUT2D eigenvalue weighted by atomic mass is 10.2. The molecule has 1 aliphatic heterocycles. The fraction of sp³-hybridized carbons (Fsp3) is 0.375. The van der Waals surface area contributed by atoms with Gasteiger partial charge in [0.25, 0.3) is 0 Å². The number of aromatic nitrogens is 2. The number of benzene rings is 1. The van der Waals surface area contributed by atoms with E-state index in [0.717, 1.165) is 44.4 Å². The molecule has 0 aliphatic carbocycles. The molecule has 3 rings (SSSR count). The van der Waals surface area contributed by atoms with Gasteiger partial charge in [0.1, 0.15) is 5.82 Å².